The molecule has 1 atom stereocenters. The fraction of sp³-hybridized carbons (Fsp3) is 0.933. The number of hydrogen-bond donors (Lipinski definition) is 2. The molecule has 0 rings (SSSR count). The second kappa shape index (κ2) is 12.9. The van der Waals surface area contributed by atoms with Gasteiger partial charge >= 0.3 is 5.97 Å². The maximum atomic E-state index is 10.3. The second-order valence-electron chi connectivity index (χ2n) is 5.31. The Balaban J connectivity index is 3.17. The first-order valence-electron chi connectivity index (χ1n) is 7.64. The van der Waals surface area contributed by atoms with E-state index >= 15 is 0 Å². The van der Waals surface area contributed by atoms with E-state index in [1.807, 2.05) is 0 Å². The molecule has 0 aliphatic heterocycles. The number of carboxylic acid groups (broad SMARTS) is 1. The molecule has 0 amide bonds. The zero-order chi connectivity index (χ0) is 13.6. The molecule has 18 heavy (non-hydrogen) atoms. The zero-order valence-electron chi connectivity index (χ0n) is 12.0. The van der Waals surface area contributed by atoms with Gasteiger partial charge in [-0.25, -0.2) is 0 Å². The van der Waals surface area contributed by atoms with Crippen molar-refractivity contribution in [1.29, 1.82) is 0 Å². The van der Waals surface area contributed by atoms with Crippen molar-refractivity contribution in [2.24, 2.45) is 5.73 Å². The van der Waals surface area contributed by atoms with Crippen LogP contribution in [-0.4, -0.2) is 17.1 Å². The summed E-state index contributed by atoms with van der Waals surface area (Å²) in [6, 6.07) is 0.320. The van der Waals surface area contributed by atoms with Gasteiger partial charge in [-0.2, -0.15) is 0 Å². The van der Waals surface area contributed by atoms with Crippen molar-refractivity contribution in [3.8, 4) is 0 Å². The molecular formula is C15H31NO2. The molecule has 0 aromatic carbocycles. The van der Waals surface area contributed by atoms with E-state index < -0.39 is 5.97 Å². The summed E-state index contributed by atoms with van der Waals surface area (Å²) >= 11 is 0. The first-order valence-corrected chi connectivity index (χ1v) is 7.64. The van der Waals surface area contributed by atoms with Gasteiger partial charge in [-0.3, -0.25) is 4.79 Å². The monoisotopic (exact) mass is 257 g/mol. The highest BCUT2D eigenvalue weighted by atomic mass is 16.4. The lowest BCUT2D eigenvalue weighted by atomic mass is 10.0. The molecule has 0 radical (unpaired) electrons. The third-order valence-electron chi connectivity index (χ3n) is 3.39. The first kappa shape index (κ1) is 17.4. The van der Waals surface area contributed by atoms with Crippen molar-refractivity contribution in [2.75, 3.05) is 0 Å². The van der Waals surface area contributed by atoms with Crippen molar-refractivity contribution in [1.82, 2.24) is 0 Å². The van der Waals surface area contributed by atoms with Crippen molar-refractivity contribution < 1.29 is 9.90 Å². The molecule has 3 nitrogen and oxygen atoms in total. The molecule has 0 heterocycles. The standard InChI is InChI=1S/C15H31NO2/c1-2-3-4-5-6-8-11-14(16)12-9-7-10-13-15(17)18/h14H,2-13,16H2,1H3,(H,17,18). The molecule has 3 heteroatoms. The van der Waals surface area contributed by atoms with Crippen LogP contribution in [0.1, 0.15) is 84.0 Å². The quantitative estimate of drug-likeness (QED) is 0.488. The normalized spacial score (nSPS) is 12.6. The first-order chi connectivity index (χ1) is 8.66. The fourth-order valence-corrected chi connectivity index (χ4v) is 2.19. The topological polar surface area (TPSA) is 63.3 Å². The van der Waals surface area contributed by atoms with E-state index in [4.69, 9.17) is 10.8 Å². The molecule has 0 aromatic heterocycles. The maximum Gasteiger partial charge on any atom is 0.303 e. The molecule has 3 N–H and O–H groups in total. The highest BCUT2D eigenvalue weighted by molar-refractivity contribution is 5.66. The van der Waals surface area contributed by atoms with E-state index in [1.165, 1.54) is 38.5 Å². The van der Waals surface area contributed by atoms with Gasteiger partial charge in [0, 0.05) is 12.5 Å². The van der Waals surface area contributed by atoms with Gasteiger partial charge in [-0.15, -0.1) is 0 Å². The van der Waals surface area contributed by atoms with Crippen LogP contribution in [0.4, 0.5) is 0 Å². The van der Waals surface area contributed by atoms with Crippen LogP contribution in [0.25, 0.3) is 0 Å². The molecule has 0 saturated carbocycles. The zero-order valence-corrected chi connectivity index (χ0v) is 12.0. The van der Waals surface area contributed by atoms with Gasteiger partial charge in [0.2, 0.25) is 0 Å². The molecule has 0 aromatic rings. The van der Waals surface area contributed by atoms with Crippen LogP contribution >= 0.6 is 0 Å². The minimum Gasteiger partial charge on any atom is -0.481 e. The number of carbonyl (C=O) groups is 1. The molecule has 0 saturated heterocycles. The van der Waals surface area contributed by atoms with Gasteiger partial charge in [-0.1, -0.05) is 58.3 Å². The number of carboxylic acids is 1. The molecular weight excluding hydrogens is 226 g/mol. The highest BCUT2D eigenvalue weighted by Gasteiger charge is 2.03. The Hall–Kier alpha value is -0.570. The smallest absolute Gasteiger partial charge is 0.303 e. The van der Waals surface area contributed by atoms with Gasteiger partial charge in [0.15, 0.2) is 0 Å². The summed E-state index contributed by atoms with van der Waals surface area (Å²) in [7, 11) is 0. The van der Waals surface area contributed by atoms with Crippen LogP contribution in [0.15, 0.2) is 0 Å². The van der Waals surface area contributed by atoms with Gasteiger partial charge in [-0.05, 0) is 19.3 Å². The predicted octanol–water partition coefficient (Wildman–Crippen LogP) is 4.10. The van der Waals surface area contributed by atoms with E-state index in [0.717, 1.165) is 32.1 Å². The Morgan fingerprint density at radius 1 is 0.944 bits per heavy atom. The SMILES string of the molecule is CCCCCCCCC(N)CCCCCC(=O)O. The number of hydrogen-bond acceptors (Lipinski definition) is 2. The van der Waals surface area contributed by atoms with Crippen LogP contribution in [0, 0.1) is 0 Å². The molecule has 0 aliphatic rings. The number of unbranched alkanes of at least 4 members (excludes halogenated alkanes) is 7. The van der Waals surface area contributed by atoms with Gasteiger partial charge in [0.05, 0.1) is 0 Å². The summed E-state index contributed by atoms with van der Waals surface area (Å²) in [6.07, 6.45) is 13.3. The highest BCUT2D eigenvalue weighted by Crippen LogP contribution is 2.11. The summed E-state index contributed by atoms with van der Waals surface area (Å²) in [5, 5.41) is 8.50. The Morgan fingerprint density at radius 2 is 1.44 bits per heavy atom. The van der Waals surface area contributed by atoms with E-state index in [9.17, 15) is 4.79 Å². The number of nitrogens with two attached hydrogens (primary N) is 1. The summed E-state index contributed by atoms with van der Waals surface area (Å²) < 4.78 is 0. The Morgan fingerprint density at radius 3 is 2.00 bits per heavy atom. The Labute approximate surface area is 112 Å². The van der Waals surface area contributed by atoms with E-state index in [0.29, 0.717) is 12.5 Å². The van der Waals surface area contributed by atoms with Crippen molar-refractivity contribution in [3.63, 3.8) is 0 Å². The van der Waals surface area contributed by atoms with Crippen LogP contribution in [0.2, 0.25) is 0 Å². The Kier molecular flexibility index (Phi) is 12.5. The van der Waals surface area contributed by atoms with Gasteiger partial charge in [0.25, 0.3) is 0 Å². The van der Waals surface area contributed by atoms with Crippen LogP contribution in [0.5, 0.6) is 0 Å². The van der Waals surface area contributed by atoms with Crippen molar-refractivity contribution >= 4 is 5.97 Å². The third-order valence-corrected chi connectivity index (χ3v) is 3.39. The van der Waals surface area contributed by atoms with E-state index in [-0.39, 0.29) is 0 Å². The largest absolute Gasteiger partial charge is 0.481 e. The molecule has 0 aliphatic carbocycles. The maximum absolute atomic E-state index is 10.3. The van der Waals surface area contributed by atoms with Crippen molar-refractivity contribution in [3.05, 3.63) is 0 Å². The predicted molar refractivity (Wildman–Crippen MR) is 76.7 cm³/mol. The van der Waals surface area contributed by atoms with Crippen LogP contribution < -0.4 is 5.73 Å². The summed E-state index contributed by atoms with van der Waals surface area (Å²) in [5.74, 6) is -0.689. The van der Waals surface area contributed by atoms with Gasteiger partial charge < -0.3 is 10.8 Å². The molecule has 0 bridgehead atoms. The molecule has 0 fully saturated rings. The number of aliphatic carboxylic acids is 1. The fourth-order valence-electron chi connectivity index (χ4n) is 2.19. The second-order valence-corrected chi connectivity index (χ2v) is 5.31. The lowest BCUT2D eigenvalue weighted by Crippen LogP contribution is -2.19. The summed E-state index contributed by atoms with van der Waals surface area (Å²) in [5.41, 5.74) is 6.04. The minimum absolute atomic E-state index is 0.298. The van der Waals surface area contributed by atoms with Crippen LogP contribution in [-0.2, 0) is 4.79 Å². The minimum atomic E-state index is -0.689. The Bertz CT molecular complexity index is 195. The van der Waals surface area contributed by atoms with Crippen LogP contribution in [0.3, 0.4) is 0 Å². The molecule has 108 valence electrons. The lowest BCUT2D eigenvalue weighted by Gasteiger charge is -2.10. The summed E-state index contributed by atoms with van der Waals surface area (Å²) in [4.78, 5) is 10.3. The lowest BCUT2D eigenvalue weighted by molar-refractivity contribution is -0.137. The van der Waals surface area contributed by atoms with E-state index in [1.54, 1.807) is 0 Å². The van der Waals surface area contributed by atoms with Gasteiger partial charge in [0.1, 0.15) is 0 Å². The third kappa shape index (κ3) is 13.5. The van der Waals surface area contributed by atoms with E-state index in [2.05, 4.69) is 6.92 Å². The average Bonchev–Trinajstić information content (AvgIpc) is 2.33. The van der Waals surface area contributed by atoms with Crippen molar-refractivity contribution in [2.45, 2.75) is 90.0 Å². The average molecular weight is 257 g/mol. The molecule has 1 unspecified atom stereocenters. The molecule has 0 spiro atoms. The number of rotatable bonds is 13. The summed E-state index contributed by atoms with van der Waals surface area (Å²) in [6.45, 7) is 2.24.